The number of aliphatic imine (C=N–C) groups is 1. The van der Waals surface area contributed by atoms with E-state index in [4.69, 9.17) is 9.47 Å². The van der Waals surface area contributed by atoms with Crippen molar-refractivity contribution in [2.75, 3.05) is 19.5 Å². The van der Waals surface area contributed by atoms with Crippen LogP contribution in [0.15, 0.2) is 29.3 Å². The quantitative estimate of drug-likeness (QED) is 0.581. The lowest BCUT2D eigenvalue weighted by Crippen LogP contribution is -2.41. The molecule has 1 aliphatic heterocycles. The van der Waals surface area contributed by atoms with Crippen molar-refractivity contribution >= 4 is 43.8 Å². The lowest BCUT2D eigenvalue weighted by atomic mass is 10.3. The summed E-state index contributed by atoms with van der Waals surface area (Å²) in [6.07, 6.45) is 0.204. The zero-order valence-corrected chi connectivity index (χ0v) is 18.2. The molecular formula is C16H18N6O7S2. The molecule has 2 N–H and O–H groups in total. The first-order chi connectivity index (χ1) is 14.7. The average molecular weight is 470 g/mol. The Kier molecular flexibility index (Phi) is 6.26. The molecule has 13 nitrogen and oxygen atoms in total. The van der Waals surface area contributed by atoms with Crippen molar-refractivity contribution in [3.05, 3.63) is 28.9 Å². The summed E-state index contributed by atoms with van der Waals surface area (Å²) in [6.45, 7) is 1.66. The molecule has 2 amide bonds. The van der Waals surface area contributed by atoms with Gasteiger partial charge in [0.15, 0.2) is 10.0 Å². The molecule has 0 aromatic carbocycles. The molecule has 3 heterocycles. The maximum atomic E-state index is 13.0. The average Bonchev–Trinajstić information content (AvgIpc) is 3.12. The van der Waals surface area contributed by atoms with Gasteiger partial charge in [0.2, 0.25) is 28.0 Å². The fourth-order valence-electron chi connectivity index (χ4n) is 2.86. The zero-order chi connectivity index (χ0) is 22.8. The number of urea groups is 1. The summed E-state index contributed by atoms with van der Waals surface area (Å²) in [5, 5.41) is 0.649. The van der Waals surface area contributed by atoms with Gasteiger partial charge in [0.1, 0.15) is 5.82 Å². The van der Waals surface area contributed by atoms with E-state index in [1.165, 1.54) is 38.5 Å². The van der Waals surface area contributed by atoms with Crippen molar-refractivity contribution in [3.8, 4) is 11.8 Å². The number of anilines is 1. The highest BCUT2D eigenvalue weighted by Crippen LogP contribution is 2.32. The first kappa shape index (κ1) is 22.2. The van der Waals surface area contributed by atoms with Crippen molar-refractivity contribution in [2.24, 2.45) is 4.99 Å². The molecule has 15 heteroatoms. The Labute approximate surface area is 178 Å². The van der Waals surface area contributed by atoms with Gasteiger partial charge in [-0.1, -0.05) is 13.0 Å². The second kappa shape index (κ2) is 8.73. The van der Waals surface area contributed by atoms with Gasteiger partial charge in [-0.2, -0.15) is 18.4 Å². The minimum Gasteiger partial charge on any atom is -0.481 e. The van der Waals surface area contributed by atoms with Gasteiger partial charge in [-0.05, 0) is 18.6 Å². The van der Waals surface area contributed by atoms with E-state index < -0.39 is 31.7 Å². The number of carbonyl (C=O) groups is 1. The highest BCUT2D eigenvalue weighted by Gasteiger charge is 2.38. The largest absolute Gasteiger partial charge is 0.481 e. The summed E-state index contributed by atoms with van der Waals surface area (Å²) >= 11 is 0. The number of amides is 2. The number of nitrogens with zero attached hydrogens (tertiary/aromatic N) is 4. The number of ether oxygens (including phenoxy) is 2. The molecule has 0 saturated heterocycles. The predicted molar refractivity (Wildman–Crippen MR) is 109 cm³/mol. The molecule has 0 fully saturated rings. The van der Waals surface area contributed by atoms with Gasteiger partial charge in [-0.3, -0.25) is 9.88 Å². The first-order valence-electron chi connectivity index (χ1n) is 8.71. The van der Waals surface area contributed by atoms with Crippen LogP contribution in [0.3, 0.4) is 0 Å². The lowest BCUT2D eigenvalue weighted by Gasteiger charge is -2.18. The Morgan fingerprint density at radius 3 is 2.39 bits per heavy atom. The van der Waals surface area contributed by atoms with E-state index in [1.54, 1.807) is 6.92 Å². The summed E-state index contributed by atoms with van der Waals surface area (Å²) in [4.78, 5) is 24.3. The smallest absolute Gasteiger partial charge is 0.335 e. The fraction of sp³-hybridized carbons (Fsp3) is 0.312. The van der Waals surface area contributed by atoms with Crippen molar-refractivity contribution in [2.45, 2.75) is 18.7 Å². The molecule has 1 unspecified atom stereocenters. The molecule has 2 aromatic rings. The van der Waals surface area contributed by atoms with Crippen LogP contribution in [-0.2, 0) is 20.3 Å². The summed E-state index contributed by atoms with van der Waals surface area (Å²) in [5.41, 5.74) is 0.164. The number of fused-ring (bicyclic) bond motifs is 1. The molecule has 1 aliphatic rings. The third kappa shape index (κ3) is 4.51. The molecule has 0 spiro atoms. The maximum absolute atomic E-state index is 13.0. The van der Waals surface area contributed by atoms with Gasteiger partial charge in [0, 0.05) is 0 Å². The molecule has 166 valence electrons. The second-order valence-electron chi connectivity index (χ2n) is 6.01. The number of nitrogens with one attached hydrogen (secondary N) is 2. The van der Waals surface area contributed by atoms with Crippen molar-refractivity contribution in [1.29, 1.82) is 0 Å². The number of aromatic nitrogens is 3. The van der Waals surface area contributed by atoms with Crippen LogP contribution in [-0.4, -0.2) is 57.3 Å². The van der Waals surface area contributed by atoms with Crippen LogP contribution in [0.2, 0.25) is 0 Å². The summed E-state index contributed by atoms with van der Waals surface area (Å²) in [5.74, 6) is 0.0193. The number of sulfonamides is 1. The Balaban J connectivity index is 1.94. The van der Waals surface area contributed by atoms with E-state index in [2.05, 4.69) is 20.3 Å². The van der Waals surface area contributed by atoms with Gasteiger partial charge in [0.25, 0.3) is 10.0 Å². The molecule has 0 aliphatic carbocycles. The van der Waals surface area contributed by atoms with Crippen LogP contribution in [0.5, 0.6) is 11.8 Å². The standard InChI is InChI=1S/C16H18N6O7S2/c1-4-9-14(22-10(17-9)6-5-7-13(22)30(24)25)31(26,27)21-16(23)20-15-18-11(28-2)8-12(19-15)29-3/h5-8,14H,4H2,1-3H3,(H2,18,19,20,21,23). The molecule has 0 saturated carbocycles. The van der Waals surface area contributed by atoms with Gasteiger partial charge in [0.05, 0.1) is 26.0 Å². The lowest BCUT2D eigenvalue weighted by molar-refractivity contribution is 0.256. The van der Waals surface area contributed by atoms with E-state index in [9.17, 15) is 21.6 Å². The van der Waals surface area contributed by atoms with Crippen LogP contribution in [0, 0.1) is 4.64 Å². The van der Waals surface area contributed by atoms with Crippen LogP contribution in [0.4, 0.5) is 16.6 Å². The van der Waals surface area contributed by atoms with Gasteiger partial charge in [-0.15, -0.1) is 0 Å². The molecule has 31 heavy (non-hydrogen) atoms. The van der Waals surface area contributed by atoms with Gasteiger partial charge in [-0.25, -0.2) is 22.9 Å². The van der Waals surface area contributed by atoms with E-state index in [-0.39, 0.29) is 40.3 Å². The van der Waals surface area contributed by atoms with E-state index in [1.807, 2.05) is 4.72 Å². The Morgan fingerprint density at radius 1 is 1.19 bits per heavy atom. The van der Waals surface area contributed by atoms with Crippen LogP contribution < -0.4 is 19.5 Å². The maximum Gasteiger partial charge on any atom is 0.335 e. The number of pyridine rings is 1. The molecule has 3 rings (SSSR count). The van der Waals surface area contributed by atoms with Crippen molar-refractivity contribution < 1.29 is 31.1 Å². The van der Waals surface area contributed by atoms with Crippen LogP contribution in [0.1, 0.15) is 18.7 Å². The molecule has 0 bridgehead atoms. The predicted octanol–water partition coefficient (Wildman–Crippen LogP) is 0.853. The SMILES string of the molecule is CCC1=Nc2cccc(=S(=O)=O)n2C1S(=O)(=O)NC(=O)Nc1nc(OC)cc(OC)n1. The number of methoxy groups -OCH3 is 2. The number of hydrogen-bond donors (Lipinski definition) is 2. The minimum atomic E-state index is -4.46. The van der Waals surface area contributed by atoms with Crippen LogP contribution >= 0.6 is 0 Å². The number of hydrogen-bond acceptors (Lipinski definition) is 10. The summed E-state index contributed by atoms with van der Waals surface area (Å²) in [6, 6.07) is 4.34. The molecule has 2 aromatic heterocycles. The van der Waals surface area contributed by atoms with Crippen molar-refractivity contribution in [3.63, 3.8) is 0 Å². The van der Waals surface area contributed by atoms with E-state index in [0.717, 1.165) is 4.57 Å². The van der Waals surface area contributed by atoms with Gasteiger partial charge >= 0.3 is 6.03 Å². The monoisotopic (exact) mass is 470 g/mol. The second-order valence-corrected chi connectivity index (χ2v) is 8.64. The van der Waals surface area contributed by atoms with E-state index in [0.29, 0.717) is 0 Å². The van der Waals surface area contributed by atoms with Crippen molar-refractivity contribution in [1.82, 2.24) is 19.3 Å². The Bertz CT molecular complexity index is 1320. The van der Waals surface area contributed by atoms with Gasteiger partial charge < -0.3 is 9.47 Å². The molecule has 0 radical (unpaired) electrons. The minimum absolute atomic E-state index is 0.0771. The fourth-order valence-corrected chi connectivity index (χ4v) is 4.97. The zero-order valence-electron chi connectivity index (χ0n) is 16.6. The topological polar surface area (TPSA) is 171 Å². The first-order valence-corrected chi connectivity index (χ1v) is 11.3. The highest BCUT2D eigenvalue weighted by atomic mass is 32.2. The molecular weight excluding hydrogens is 452 g/mol. The summed E-state index contributed by atoms with van der Waals surface area (Å²) in [7, 11) is -4.52. The third-order valence-corrected chi connectivity index (χ3v) is 6.35. The molecule has 1 atom stereocenters. The number of carbonyl (C=O) groups excluding carboxylic acids is 1. The third-order valence-electron chi connectivity index (χ3n) is 4.13. The highest BCUT2D eigenvalue weighted by molar-refractivity contribution is 7.90. The van der Waals surface area contributed by atoms with E-state index >= 15 is 0 Å². The van der Waals surface area contributed by atoms with Crippen LogP contribution in [0.25, 0.3) is 0 Å². The Hall–Kier alpha value is -3.46. The number of rotatable bonds is 6. The summed E-state index contributed by atoms with van der Waals surface area (Å²) < 4.78 is 61.8. The normalized spacial score (nSPS) is 14.9. The Morgan fingerprint density at radius 2 is 1.84 bits per heavy atom.